The van der Waals surface area contributed by atoms with Gasteiger partial charge in [0.1, 0.15) is 5.69 Å². The Balaban J connectivity index is 2.37. The molecule has 0 amide bonds. The second-order valence-corrected chi connectivity index (χ2v) is 3.61. The largest absolute Gasteiger partial charge is 0.463 e. The van der Waals surface area contributed by atoms with E-state index in [0.717, 1.165) is 0 Å². The van der Waals surface area contributed by atoms with Gasteiger partial charge in [-0.1, -0.05) is 0 Å². The van der Waals surface area contributed by atoms with Gasteiger partial charge in [-0.3, -0.25) is 9.36 Å². The smallest absolute Gasteiger partial charge is 0.355 e. The molecule has 0 bridgehead atoms. The number of rotatable bonds is 4. The van der Waals surface area contributed by atoms with Crippen LogP contribution in [-0.2, 0) is 21.0 Å². The van der Waals surface area contributed by atoms with E-state index in [1.54, 1.807) is 19.1 Å². The van der Waals surface area contributed by atoms with Crippen LogP contribution in [0, 0.1) is 0 Å². The predicted molar refractivity (Wildman–Crippen MR) is 61.9 cm³/mol. The third kappa shape index (κ3) is 2.22. The fourth-order valence-electron chi connectivity index (χ4n) is 1.65. The van der Waals surface area contributed by atoms with E-state index in [-0.39, 0.29) is 13.3 Å². The van der Waals surface area contributed by atoms with Crippen molar-refractivity contribution in [1.29, 1.82) is 0 Å². The maximum Gasteiger partial charge on any atom is 0.355 e. The lowest BCUT2D eigenvalue weighted by Gasteiger charge is -2.08. The van der Waals surface area contributed by atoms with Gasteiger partial charge in [0.2, 0.25) is 0 Å². The molecule has 96 valence electrons. The third-order valence-corrected chi connectivity index (χ3v) is 2.40. The maximum atomic E-state index is 11.8. The number of aromatic nitrogens is 1. The number of nitrogens with zero attached hydrogens (tertiary/aromatic N) is 1. The average Bonchev–Trinajstić information content (AvgIpc) is 2.86. The molecular formula is C12H13NO5. The molecule has 0 fully saturated rings. The number of hydrogen-bond donors (Lipinski definition) is 0. The summed E-state index contributed by atoms with van der Waals surface area (Å²) in [5.74, 6) is -0.897. The predicted octanol–water partition coefficient (Wildman–Crippen LogP) is 1.93. The summed E-state index contributed by atoms with van der Waals surface area (Å²) < 4.78 is 16.6. The molecule has 0 aromatic carbocycles. The minimum absolute atomic E-state index is 0.0491. The van der Waals surface area contributed by atoms with E-state index in [0.29, 0.717) is 16.8 Å². The van der Waals surface area contributed by atoms with Gasteiger partial charge in [-0.15, -0.1) is 0 Å². The second kappa shape index (κ2) is 4.95. The SMILES string of the molecule is CCOC(=O)c1cc2occc2n1COC(C)=O. The zero-order valence-corrected chi connectivity index (χ0v) is 10.1. The molecule has 6 nitrogen and oxygen atoms in total. The summed E-state index contributed by atoms with van der Waals surface area (Å²) in [4.78, 5) is 22.6. The first-order valence-electron chi connectivity index (χ1n) is 5.50. The van der Waals surface area contributed by atoms with Crippen molar-refractivity contribution in [3.05, 3.63) is 24.1 Å². The Labute approximate surface area is 103 Å². The summed E-state index contributed by atoms with van der Waals surface area (Å²) in [6, 6.07) is 3.26. The average molecular weight is 251 g/mol. The molecule has 0 unspecified atom stereocenters. The van der Waals surface area contributed by atoms with Crippen LogP contribution < -0.4 is 0 Å². The van der Waals surface area contributed by atoms with E-state index in [1.807, 2.05) is 0 Å². The number of carbonyl (C=O) groups excluding carboxylic acids is 2. The van der Waals surface area contributed by atoms with Gasteiger partial charge in [0, 0.05) is 19.1 Å². The molecule has 0 aliphatic carbocycles. The normalized spacial score (nSPS) is 10.6. The number of carbonyl (C=O) groups is 2. The molecule has 6 heteroatoms. The van der Waals surface area contributed by atoms with Crippen LogP contribution >= 0.6 is 0 Å². The van der Waals surface area contributed by atoms with Gasteiger partial charge >= 0.3 is 11.9 Å². The highest BCUT2D eigenvalue weighted by molar-refractivity contribution is 5.94. The van der Waals surface area contributed by atoms with E-state index in [9.17, 15) is 9.59 Å². The van der Waals surface area contributed by atoms with E-state index < -0.39 is 11.9 Å². The van der Waals surface area contributed by atoms with Crippen molar-refractivity contribution in [2.45, 2.75) is 20.6 Å². The molecule has 2 aromatic heterocycles. The van der Waals surface area contributed by atoms with Gasteiger partial charge in [0.15, 0.2) is 12.3 Å². The first-order valence-corrected chi connectivity index (χ1v) is 5.50. The molecule has 18 heavy (non-hydrogen) atoms. The second-order valence-electron chi connectivity index (χ2n) is 3.61. The number of fused-ring (bicyclic) bond motifs is 1. The molecule has 0 spiro atoms. The number of esters is 2. The fourth-order valence-corrected chi connectivity index (χ4v) is 1.65. The summed E-state index contributed by atoms with van der Waals surface area (Å²) >= 11 is 0. The van der Waals surface area contributed by atoms with E-state index in [2.05, 4.69) is 0 Å². The summed E-state index contributed by atoms with van der Waals surface area (Å²) in [6.07, 6.45) is 1.50. The minimum atomic E-state index is -0.476. The minimum Gasteiger partial charge on any atom is -0.463 e. The Morgan fingerprint density at radius 1 is 1.39 bits per heavy atom. The van der Waals surface area contributed by atoms with Gasteiger partial charge in [-0.25, -0.2) is 4.79 Å². The van der Waals surface area contributed by atoms with Gasteiger partial charge in [0.05, 0.1) is 18.4 Å². The molecule has 0 aliphatic rings. The van der Waals surface area contributed by atoms with Crippen LogP contribution in [0.15, 0.2) is 22.8 Å². The molecule has 0 atom stereocenters. The topological polar surface area (TPSA) is 70.7 Å². The number of furan rings is 1. The molecule has 0 saturated heterocycles. The van der Waals surface area contributed by atoms with Crippen molar-refractivity contribution >= 4 is 23.0 Å². The summed E-state index contributed by atoms with van der Waals surface area (Å²) in [6.45, 7) is 3.26. The Bertz CT molecular complexity index is 580. The van der Waals surface area contributed by atoms with Crippen LogP contribution in [0.25, 0.3) is 11.1 Å². The lowest BCUT2D eigenvalue weighted by atomic mass is 10.4. The van der Waals surface area contributed by atoms with Crippen molar-refractivity contribution in [2.24, 2.45) is 0 Å². The lowest BCUT2D eigenvalue weighted by Crippen LogP contribution is -2.14. The first-order chi connectivity index (χ1) is 8.63. The highest BCUT2D eigenvalue weighted by Crippen LogP contribution is 2.21. The highest BCUT2D eigenvalue weighted by Gasteiger charge is 2.18. The van der Waals surface area contributed by atoms with Gasteiger partial charge in [0.25, 0.3) is 0 Å². The van der Waals surface area contributed by atoms with E-state index >= 15 is 0 Å². The number of hydrogen-bond acceptors (Lipinski definition) is 5. The Hall–Kier alpha value is -2.24. The molecule has 0 saturated carbocycles. The summed E-state index contributed by atoms with van der Waals surface area (Å²) in [5.41, 5.74) is 1.52. The van der Waals surface area contributed by atoms with Crippen LogP contribution in [0.5, 0.6) is 0 Å². The molecule has 2 aromatic rings. The van der Waals surface area contributed by atoms with Crippen molar-refractivity contribution in [2.75, 3.05) is 6.61 Å². The molecule has 0 radical (unpaired) electrons. The molecule has 0 N–H and O–H groups in total. The lowest BCUT2D eigenvalue weighted by molar-refractivity contribution is -0.144. The van der Waals surface area contributed by atoms with Crippen molar-refractivity contribution in [3.63, 3.8) is 0 Å². The standard InChI is InChI=1S/C12H13NO5/c1-3-16-12(15)10-6-11-9(4-5-17-11)13(10)7-18-8(2)14/h4-6H,3,7H2,1-2H3. The molecule has 2 rings (SSSR count). The maximum absolute atomic E-state index is 11.8. The van der Waals surface area contributed by atoms with Crippen LogP contribution in [-0.4, -0.2) is 23.1 Å². The molecular weight excluding hydrogens is 238 g/mol. The third-order valence-electron chi connectivity index (χ3n) is 2.40. The summed E-state index contributed by atoms with van der Waals surface area (Å²) in [7, 11) is 0. The highest BCUT2D eigenvalue weighted by atomic mass is 16.5. The summed E-state index contributed by atoms with van der Waals surface area (Å²) in [5, 5.41) is 0. The van der Waals surface area contributed by atoms with Crippen molar-refractivity contribution in [3.8, 4) is 0 Å². The quantitative estimate of drug-likeness (QED) is 0.776. The van der Waals surface area contributed by atoms with Crippen LogP contribution in [0.1, 0.15) is 24.3 Å². The monoisotopic (exact) mass is 251 g/mol. The van der Waals surface area contributed by atoms with Crippen LogP contribution in [0.3, 0.4) is 0 Å². The van der Waals surface area contributed by atoms with E-state index in [1.165, 1.54) is 17.8 Å². The van der Waals surface area contributed by atoms with Gasteiger partial charge in [-0.05, 0) is 6.92 Å². The Kier molecular flexibility index (Phi) is 3.36. The number of ether oxygens (including phenoxy) is 2. The fraction of sp³-hybridized carbons (Fsp3) is 0.333. The first kappa shape index (κ1) is 12.2. The molecule has 2 heterocycles. The van der Waals surface area contributed by atoms with Gasteiger partial charge in [-0.2, -0.15) is 0 Å². The zero-order valence-electron chi connectivity index (χ0n) is 10.1. The van der Waals surface area contributed by atoms with Crippen molar-refractivity contribution < 1.29 is 23.5 Å². The van der Waals surface area contributed by atoms with E-state index in [4.69, 9.17) is 13.9 Å². The Morgan fingerprint density at radius 3 is 2.83 bits per heavy atom. The molecule has 0 aliphatic heterocycles. The van der Waals surface area contributed by atoms with Gasteiger partial charge < -0.3 is 13.9 Å². The Morgan fingerprint density at radius 2 is 2.17 bits per heavy atom. The zero-order chi connectivity index (χ0) is 13.1. The van der Waals surface area contributed by atoms with Crippen LogP contribution in [0.4, 0.5) is 0 Å². The van der Waals surface area contributed by atoms with Crippen LogP contribution in [0.2, 0.25) is 0 Å². The van der Waals surface area contributed by atoms with Crippen molar-refractivity contribution in [1.82, 2.24) is 4.57 Å².